The van der Waals surface area contributed by atoms with E-state index in [1.165, 1.54) is 6.42 Å². The Morgan fingerprint density at radius 1 is 1.06 bits per heavy atom. The smallest absolute Gasteiger partial charge is 0.0102 e. The summed E-state index contributed by atoms with van der Waals surface area (Å²) in [5.74, 6) is 0. The van der Waals surface area contributed by atoms with Crippen LogP contribution in [0.2, 0.25) is 0 Å². The summed E-state index contributed by atoms with van der Waals surface area (Å²) in [5, 5.41) is 2.21. The van der Waals surface area contributed by atoms with Gasteiger partial charge in [0.15, 0.2) is 0 Å². The van der Waals surface area contributed by atoms with Gasteiger partial charge in [0.1, 0.15) is 0 Å². The molecule has 0 spiro atoms. The molecule has 4 heteroatoms. The first kappa shape index (κ1) is 18.2. The second-order valence-corrected chi connectivity index (χ2v) is 4.03. The Bertz CT molecular complexity index is 114. The van der Waals surface area contributed by atoms with Crippen LogP contribution < -0.4 is 11.2 Å². The van der Waals surface area contributed by atoms with Gasteiger partial charge in [0, 0.05) is 19.6 Å². The zero-order chi connectivity index (χ0) is 12.8. The van der Waals surface area contributed by atoms with Gasteiger partial charge < -0.3 is 10.6 Å². The molecule has 4 nitrogen and oxygen atoms in total. The van der Waals surface area contributed by atoms with E-state index >= 15 is 0 Å². The minimum absolute atomic E-state index is 0.804. The third kappa shape index (κ3) is 16.3. The van der Waals surface area contributed by atoms with Crippen molar-refractivity contribution >= 4 is 0 Å². The van der Waals surface area contributed by atoms with E-state index in [2.05, 4.69) is 50.2 Å². The van der Waals surface area contributed by atoms with Crippen LogP contribution in [0.1, 0.15) is 33.6 Å². The highest BCUT2D eigenvalue weighted by Gasteiger charge is 1.92. The van der Waals surface area contributed by atoms with Crippen LogP contribution in [0.5, 0.6) is 0 Å². The van der Waals surface area contributed by atoms with Crippen molar-refractivity contribution in [1.29, 1.82) is 0 Å². The maximum Gasteiger partial charge on any atom is 0.0102 e. The molecule has 0 radical (unpaired) electrons. The summed E-state index contributed by atoms with van der Waals surface area (Å²) in [4.78, 5) is 2.13. The Balaban J connectivity index is 0. The minimum atomic E-state index is 0.804. The second-order valence-electron chi connectivity index (χ2n) is 4.03. The fraction of sp³-hybridized carbons (Fsp3) is 1.00. The van der Waals surface area contributed by atoms with E-state index in [0.29, 0.717) is 0 Å². The van der Waals surface area contributed by atoms with Gasteiger partial charge in [0.25, 0.3) is 0 Å². The number of hydrogen-bond acceptors (Lipinski definition) is 4. The number of nitrogens with one attached hydrogen (secondary N) is 1. The van der Waals surface area contributed by atoms with Crippen molar-refractivity contribution in [2.24, 2.45) is 5.73 Å². The predicted octanol–water partition coefficient (Wildman–Crippen LogP) is 1.14. The molecular weight excluding hydrogens is 200 g/mol. The normalized spacial score (nSPS) is 10.5. The summed E-state index contributed by atoms with van der Waals surface area (Å²) in [5.41, 5.74) is 8.55. The van der Waals surface area contributed by atoms with Gasteiger partial charge in [-0.25, -0.2) is 5.01 Å². The van der Waals surface area contributed by atoms with Crippen LogP contribution in [0.25, 0.3) is 0 Å². The maximum atomic E-state index is 5.25. The van der Waals surface area contributed by atoms with Gasteiger partial charge in [-0.1, -0.05) is 20.8 Å². The molecule has 0 aromatic heterocycles. The molecule has 0 amide bonds. The lowest BCUT2D eigenvalue weighted by atomic mass is 10.4. The van der Waals surface area contributed by atoms with E-state index in [1.54, 1.807) is 0 Å². The molecule has 0 fully saturated rings. The molecule has 0 rings (SSSR count). The molecular formula is C12H32N4. The van der Waals surface area contributed by atoms with Crippen LogP contribution >= 0.6 is 0 Å². The van der Waals surface area contributed by atoms with Gasteiger partial charge in [-0.05, 0) is 40.0 Å². The summed E-state index contributed by atoms with van der Waals surface area (Å²) in [6.07, 6.45) is 2.31. The number of nitrogens with zero attached hydrogens (tertiary/aromatic N) is 2. The molecule has 0 atom stereocenters. The van der Waals surface area contributed by atoms with Crippen molar-refractivity contribution in [3.8, 4) is 0 Å². The van der Waals surface area contributed by atoms with Crippen molar-refractivity contribution in [2.75, 3.05) is 46.8 Å². The molecule has 0 aliphatic carbocycles. The van der Waals surface area contributed by atoms with Gasteiger partial charge in [0.05, 0.1) is 0 Å². The molecule has 0 unspecified atom stereocenters. The zero-order valence-corrected chi connectivity index (χ0v) is 11.9. The minimum Gasteiger partial charge on any atom is -0.330 e. The van der Waals surface area contributed by atoms with Crippen molar-refractivity contribution in [3.05, 3.63) is 0 Å². The van der Waals surface area contributed by atoms with Crippen molar-refractivity contribution in [1.82, 2.24) is 15.3 Å². The van der Waals surface area contributed by atoms with Crippen LogP contribution in [0.3, 0.4) is 0 Å². The number of hydrazine groups is 1. The molecule has 0 aromatic rings. The second kappa shape index (κ2) is 14.8. The lowest BCUT2D eigenvalue weighted by molar-refractivity contribution is 0.209. The average molecular weight is 232 g/mol. The molecule has 3 N–H and O–H groups in total. The van der Waals surface area contributed by atoms with Gasteiger partial charge in [-0.15, -0.1) is 0 Å². The highest BCUT2D eigenvalue weighted by atomic mass is 15.5. The fourth-order valence-corrected chi connectivity index (χ4v) is 1.12. The highest BCUT2D eigenvalue weighted by Crippen LogP contribution is 1.79. The van der Waals surface area contributed by atoms with Crippen LogP contribution in [0.4, 0.5) is 0 Å². The van der Waals surface area contributed by atoms with Crippen molar-refractivity contribution in [3.63, 3.8) is 0 Å². The Labute approximate surface area is 102 Å². The summed E-state index contributed by atoms with van der Waals surface area (Å²) in [6, 6.07) is 0. The molecule has 0 aliphatic heterocycles. The van der Waals surface area contributed by atoms with Gasteiger partial charge in [-0.2, -0.15) is 0 Å². The first-order chi connectivity index (χ1) is 7.62. The molecule has 0 saturated carbocycles. The van der Waals surface area contributed by atoms with Gasteiger partial charge in [-0.3, -0.25) is 5.43 Å². The lowest BCUT2D eigenvalue weighted by Crippen LogP contribution is -2.37. The van der Waals surface area contributed by atoms with Crippen LogP contribution in [-0.2, 0) is 0 Å². The largest absolute Gasteiger partial charge is 0.330 e. The highest BCUT2D eigenvalue weighted by molar-refractivity contribution is 4.43. The Morgan fingerprint density at radius 2 is 1.62 bits per heavy atom. The molecule has 0 saturated heterocycles. The zero-order valence-electron chi connectivity index (χ0n) is 11.9. The van der Waals surface area contributed by atoms with E-state index in [0.717, 1.165) is 39.1 Å². The Morgan fingerprint density at radius 3 is 1.88 bits per heavy atom. The maximum absolute atomic E-state index is 5.25. The van der Waals surface area contributed by atoms with E-state index in [-0.39, 0.29) is 0 Å². The quantitative estimate of drug-likeness (QED) is 0.616. The SMILES string of the molecule is CCCNN(CC)CC.CN(C)CCCN. The molecule has 0 heterocycles. The van der Waals surface area contributed by atoms with E-state index in [9.17, 15) is 0 Å². The molecule has 0 aliphatic rings. The monoisotopic (exact) mass is 232 g/mol. The lowest BCUT2D eigenvalue weighted by Gasteiger charge is -2.18. The molecule has 0 bridgehead atoms. The third-order valence-electron chi connectivity index (χ3n) is 2.16. The third-order valence-corrected chi connectivity index (χ3v) is 2.16. The number of hydrogen-bond donors (Lipinski definition) is 2. The molecule has 0 aromatic carbocycles. The van der Waals surface area contributed by atoms with E-state index in [4.69, 9.17) is 5.73 Å². The van der Waals surface area contributed by atoms with E-state index in [1.807, 2.05) is 0 Å². The average Bonchev–Trinajstić information content (AvgIpc) is 2.29. The summed E-state index contributed by atoms with van der Waals surface area (Å²) in [6.45, 7) is 11.7. The summed E-state index contributed by atoms with van der Waals surface area (Å²) < 4.78 is 0. The Hall–Kier alpha value is -0.160. The van der Waals surface area contributed by atoms with Crippen molar-refractivity contribution in [2.45, 2.75) is 33.6 Å². The van der Waals surface area contributed by atoms with Crippen molar-refractivity contribution < 1.29 is 0 Å². The number of nitrogens with two attached hydrogens (primary N) is 1. The van der Waals surface area contributed by atoms with Gasteiger partial charge in [0.2, 0.25) is 0 Å². The van der Waals surface area contributed by atoms with Gasteiger partial charge >= 0.3 is 0 Å². The first-order valence-electron chi connectivity index (χ1n) is 6.45. The standard InChI is InChI=1S/C7H18N2.C5H14N2/c1-4-7-8-9(5-2)6-3;1-7(2)5-3-4-6/h8H,4-7H2,1-3H3;3-6H2,1-2H3. The van der Waals surface area contributed by atoms with Crippen LogP contribution in [0.15, 0.2) is 0 Å². The summed E-state index contributed by atoms with van der Waals surface area (Å²) >= 11 is 0. The van der Waals surface area contributed by atoms with Crippen LogP contribution in [-0.4, -0.2) is 56.7 Å². The fourth-order valence-electron chi connectivity index (χ4n) is 1.12. The van der Waals surface area contributed by atoms with E-state index < -0.39 is 0 Å². The predicted molar refractivity (Wildman–Crippen MR) is 73.4 cm³/mol. The molecule has 100 valence electrons. The van der Waals surface area contributed by atoms with Crippen LogP contribution in [0, 0.1) is 0 Å². The Kier molecular flexibility index (Phi) is 16.9. The topological polar surface area (TPSA) is 44.5 Å². The first-order valence-corrected chi connectivity index (χ1v) is 6.45. The number of rotatable bonds is 8. The molecule has 16 heavy (non-hydrogen) atoms. The summed E-state index contributed by atoms with van der Waals surface area (Å²) in [7, 11) is 4.10.